The first-order valence-corrected chi connectivity index (χ1v) is 10.9. The third kappa shape index (κ3) is 6.68. The number of rotatable bonds is 7. The molecule has 0 saturated carbocycles. The smallest absolute Gasteiger partial charge is 0.471 e. The van der Waals surface area contributed by atoms with Crippen molar-refractivity contribution in [1.29, 1.82) is 10.8 Å². The van der Waals surface area contributed by atoms with E-state index in [2.05, 4.69) is 5.32 Å². The van der Waals surface area contributed by atoms with Crippen molar-refractivity contribution in [2.24, 2.45) is 0 Å². The van der Waals surface area contributed by atoms with Crippen LogP contribution in [0.4, 0.5) is 13.2 Å². The van der Waals surface area contributed by atoms with E-state index in [0.717, 1.165) is 0 Å². The van der Waals surface area contributed by atoms with Gasteiger partial charge in [0.2, 0.25) is 0 Å². The summed E-state index contributed by atoms with van der Waals surface area (Å²) in [6.07, 6.45) is -4.90. The fourth-order valence-corrected chi connectivity index (χ4v) is 3.52. The standard InChI is InChI=1S/C23H28F3N5O5/c1-4-16(27)17(13(2)32)20(34)31-9-10-36-12-22(31,3)11-29-19(33)15-7-5-14(6-8-15)18(28)30-21(35)23(24,25)26/h5-8,27,32H,4,9-12H2,1-3H3,(H,29,33)(H2,28,30,35)/b17-13+,27-16?/t22-/m1/s1. The summed E-state index contributed by atoms with van der Waals surface area (Å²) in [6, 6.07) is 4.99. The predicted molar refractivity (Wildman–Crippen MR) is 124 cm³/mol. The van der Waals surface area contributed by atoms with Gasteiger partial charge >= 0.3 is 12.1 Å². The number of benzene rings is 1. The van der Waals surface area contributed by atoms with Crippen LogP contribution < -0.4 is 10.6 Å². The van der Waals surface area contributed by atoms with Gasteiger partial charge in [-0.05, 0) is 32.4 Å². The van der Waals surface area contributed by atoms with Crippen molar-refractivity contribution in [3.05, 3.63) is 46.7 Å². The molecule has 0 aliphatic carbocycles. The Kier molecular flexibility index (Phi) is 8.97. The van der Waals surface area contributed by atoms with Crippen LogP contribution in [0.15, 0.2) is 35.6 Å². The topological polar surface area (TPSA) is 156 Å². The Morgan fingerprint density at radius 1 is 1.17 bits per heavy atom. The van der Waals surface area contributed by atoms with E-state index >= 15 is 0 Å². The zero-order valence-corrected chi connectivity index (χ0v) is 20.0. The minimum Gasteiger partial charge on any atom is -0.512 e. The molecule has 1 fully saturated rings. The van der Waals surface area contributed by atoms with E-state index < -0.39 is 35.3 Å². The molecule has 0 aromatic heterocycles. The lowest BCUT2D eigenvalue weighted by Gasteiger charge is -2.45. The molecule has 1 aliphatic rings. The highest BCUT2D eigenvalue weighted by atomic mass is 19.4. The molecule has 2 rings (SSSR count). The zero-order chi connectivity index (χ0) is 27.3. The summed E-state index contributed by atoms with van der Waals surface area (Å²) in [5, 5.41) is 29.8. The summed E-state index contributed by atoms with van der Waals surface area (Å²) in [4.78, 5) is 38.3. The summed E-state index contributed by atoms with van der Waals surface area (Å²) >= 11 is 0. The lowest BCUT2D eigenvalue weighted by Crippen LogP contribution is -2.62. The number of hydrogen-bond donors (Lipinski definition) is 5. The van der Waals surface area contributed by atoms with E-state index in [1.165, 1.54) is 41.4 Å². The molecule has 0 unspecified atom stereocenters. The number of carbonyl (C=O) groups excluding carboxylic acids is 3. The van der Waals surface area contributed by atoms with Crippen LogP contribution in [-0.2, 0) is 14.3 Å². The Labute approximate surface area is 205 Å². The maximum atomic E-state index is 13.2. The van der Waals surface area contributed by atoms with Crippen molar-refractivity contribution in [3.8, 4) is 0 Å². The molecule has 10 nitrogen and oxygen atoms in total. The van der Waals surface area contributed by atoms with E-state index in [4.69, 9.17) is 15.6 Å². The lowest BCUT2D eigenvalue weighted by molar-refractivity contribution is -0.171. The van der Waals surface area contributed by atoms with Gasteiger partial charge in [-0.2, -0.15) is 13.2 Å². The Balaban J connectivity index is 2.11. The molecule has 1 atom stereocenters. The molecule has 196 valence electrons. The molecule has 5 N–H and O–H groups in total. The highest BCUT2D eigenvalue weighted by Gasteiger charge is 2.41. The molecule has 1 aromatic rings. The molecule has 36 heavy (non-hydrogen) atoms. The van der Waals surface area contributed by atoms with E-state index in [1.807, 2.05) is 0 Å². The largest absolute Gasteiger partial charge is 0.512 e. The summed E-state index contributed by atoms with van der Waals surface area (Å²) in [7, 11) is 0. The Bertz CT molecular complexity index is 1080. The number of morpholine rings is 1. The fraction of sp³-hybridized carbons (Fsp3) is 0.435. The van der Waals surface area contributed by atoms with Crippen molar-refractivity contribution >= 4 is 29.3 Å². The van der Waals surface area contributed by atoms with Crippen LogP contribution in [0.25, 0.3) is 0 Å². The van der Waals surface area contributed by atoms with Gasteiger partial charge < -0.3 is 30.8 Å². The Morgan fingerprint density at radius 2 is 1.75 bits per heavy atom. The summed E-state index contributed by atoms with van der Waals surface area (Å²) in [6.45, 7) is 5.19. The first-order valence-electron chi connectivity index (χ1n) is 10.9. The van der Waals surface area contributed by atoms with Gasteiger partial charge in [0, 0.05) is 29.9 Å². The van der Waals surface area contributed by atoms with Crippen molar-refractivity contribution in [2.75, 3.05) is 26.3 Å². The molecule has 1 heterocycles. The maximum Gasteiger partial charge on any atom is 0.471 e. The molecule has 0 spiro atoms. The van der Waals surface area contributed by atoms with Gasteiger partial charge in [-0.3, -0.25) is 19.8 Å². The molecule has 1 saturated heterocycles. The molecule has 0 radical (unpaired) electrons. The highest BCUT2D eigenvalue weighted by Crippen LogP contribution is 2.24. The number of ether oxygens (including phenoxy) is 1. The molecule has 3 amide bonds. The summed E-state index contributed by atoms with van der Waals surface area (Å²) < 4.78 is 42.6. The first-order chi connectivity index (χ1) is 16.7. The minimum atomic E-state index is -5.14. The second-order valence-corrected chi connectivity index (χ2v) is 8.39. The molecular formula is C23H28F3N5O5. The number of alkyl halides is 3. The van der Waals surface area contributed by atoms with Crippen molar-refractivity contribution < 1.29 is 37.4 Å². The first kappa shape index (κ1) is 28.5. The normalized spacial score (nSPS) is 18.7. The number of amides is 3. The predicted octanol–water partition coefficient (Wildman–Crippen LogP) is 2.30. The molecular weight excluding hydrogens is 483 g/mol. The second-order valence-electron chi connectivity index (χ2n) is 8.39. The van der Waals surface area contributed by atoms with Crippen LogP contribution in [-0.4, -0.2) is 77.3 Å². The number of allylic oxidation sites excluding steroid dienone is 1. The highest BCUT2D eigenvalue weighted by molar-refractivity contribution is 6.20. The average Bonchev–Trinajstić information content (AvgIpc) is 2.81. The number of halogens is 3. The van der Waals surface area contributed by atoms with Crippen molar-refractivity contribution in [2.45, 2.75) is 38.9 Å². The maximum absolute atomic E-state index is 13.2. The van der Waals surface area contributed by atoms with Crippen LogP contribution in [0.5, 0.6) is 0 Å². The van der Waals surface area contributed by atoms with Gasteiger partial charge in [-0.25, -0.2) is 0 Å². The number of nitrogens with one attached hydrogen (secondary N) is 4. The third-order valence-corrected chi connectivity index (χ3v) is 5.56. The van der Waals surface area contributed by atoms with Crippen molar-refractivity contribution in [3.63, 3.8) is 0 Å². The van der Waals surface area contributed by atoms with Gasteiger partial charge in [-0.15, -0.1) is 0 Å². The number of aliphatic hydroxyl groups excluding tert-OH is 1. The fourth-order valence-electron chi connectivity index (χ4n) is 3.52. The number of hydrogen-bond acceptors (Lipinski definition) is 7. The van der Waals surface area contributed by atoms with Crippen LogP contribution in [0, 0.1) is 10.8 Å². The van der Waals surface area contributed by atoms with Crippen LogP contribution in [0.2, 0.25) is 0 Å². The second kappa shape index (κ2) is 11.3. The number of aliphatic hydroxyl groups is 1. The van der Waals surface area contributed by atoms with E-state index in [-0.39, 0.29) is 60.9 Å². The van der Waals surface area contributed by atoms with Gasteiger partial charge in [-0.1, -0.05) is 19.1 Å². The molecule has 1 aromatic carbocycles. The van der Waals surface area contributed by atoms with Crippen LogP contribution >= 0.6 is 0 Å². The number of carbonyl (C=O) groups is 3. The SMILES string of the molecule is CCC(=N)/C(C(=O)N1CCOC[C@@]1(C)CNC(=O)c1ccc(C(=N)NC(=O)C(F)(F)F)cc1)=C(/C)O. The van der Waals surface area contributed by atoms with E-state index in [0.29, 0.717) is 0 Å². The van der Waals surface area contributed by atoms with Gasteiger partial charge in [0.25, 0.3) is 11.8 Å². The van der Waals surface area contributed by atoms with Gasteiger partial charge in [0.05, 0.1) is 24.3 Å². The minimum absolute atomic E-state index is 0.0186. The van der Waals surface area contributed by atoms with Gasteiger partial charge in [0.1, 0.15) is 11.6 Å². The monoisotopic (exact) mass is 511 g/mol. The van der Waals surface area contributed by atoms with Crippen molar-refractivity contribution in [1.82, 2.24) is 15.5 Å². The quantitative estimate of drug-likeness (QED) is 0.164. The molecule has 1 aliphatic heterocycles. The van der Waals surface area contributed by atoms with Gasteiger partial charge in [0.15, 0.2) is 0 Å². The lowest BCUT2D eigenvalue weighted by atomic mass is 9.95. The Hall–Kier alpha value is -3.74. The van der Waals surface area contributed by atoms with Crippen LogP contribution in [0.3, 0.4) is 0 Å². The zero-order valence-electron chi connectivity index (χ0n) is 20.0. The number of amidine groups is 1. The molecule has 0 bridgehead atoms. The summed E-state index contributed by atoms with van der Waals surface area (Å²) in [5.41, 5.74) is -1.02. The van der Waals surface area contributed by atoms with E-state index in [1.54, 1.807) is 13.8 Å². The van der Waals surface area contributed by atoms with E-state index in [9.17, 15) is 32.7 Å². The average molecular weight is 512 g/mol. The number of nitrogens with zero attached hydrogens (tertiary/aromatic N) is 1. The molecule has 13 heteroatoms. The summed E-state index contributed by atoms with van der Waals surface area (Å²) in [5.74, 6) is -4.43. The van der Waals surface area contributed by atoms with Crippen LogP contribution in [0.1, 0.15) is 43.1 Å². The Morgan fingerprint density at radius 3 is 2.28 bits per heavy atom. The third-order valence-electron chi connectivity index (χ3n) is 5.56.